The Morgan fingerprint density at radius 3 is 2.14 bits per heavy atom. The molecule has 0 radical (unpaired) electrons. The van der Waals surface area contributed by atoms with Gasteiger partial charge < -0.3 is 14.2 Å². The van der Waals surface area contributed by atoms with Gasteiger partial charge in [0.2, 0.25) is 0 Å². The fourth-order valence-electron chi connectivity index (χ4n) is 1.32. The molecule has 104 valence electrons. The summed E-state index contributed by atoms with van der Waals surface area (Å²) in [5.41, 5.74) is -1.46. The Labute approximate surface area is 148 Å². The van der Waals surface area contributed by atoms with Gasteiger partial charge in [-0.25, -0.2) is 4.79 Å². The number of ether oxygens (including phenoxy) is 1. The molecule has 0 bridgehead atoms. The van der Waals surface area contributed by atoms with Gasteiger partial charge in [0.1, 0.15) is 11.5 Å². The van der Waals surface area contributed by atoms with Crippen molar-refractivity contribution in [3.8, 4) is 11.5 Å². The molecule has 2 rings (SSSR count). The number of hydrogen-bond donors (Lipinski definition) is 0. The SMILES string of the molecule is O=C(Oc1ccccc1)P(=O)([O-])Oc1ccc(Cl)cc1.[Na+]. The van der Waals surface area contributed by atoms with E-state index in [0.717, 1.165) is 0 Å². The molecular formula is C13H9ClNaO5P. The van der Waals surface area contributed by atoms with Crippen LogP contribution in [0, 0.1) is 0 Å². The monoisotopic (exact) mass is 334 g/mol. The van der Waals surface area contributed by atoms with Gasteiger partial charge in [-0.1, -0.05) is 29.8 Å². The molecule has 0 aliphatic carbocycles. The Bertz CT molecular complexity index is 647. The number of benzene rings is 2. The van der Waals surface area contributed by atoms with Crippen LogP contribution in [0.15, 0.2) is 54.6 Å². The summed E-state index contributed by atoms with van der Waals surface area (Å²) in [6, 6.07) is 13.4. The molecule has 0 aromatic heterocycles. The molecular weight excluding hydrogens is 326 g/mol. The summed E-state index contributed by atoms with van der Waals surface area (Å²) in [6.07, 6.45) is 0. The molecule has 2 aromatic rings. The van der Waals surface area contributed by atoms with Gasteiger partial charge in [0, 0.05) is 5.02 Å². The number of para-hydroxylation sites is 1. The van der Waals surface area contributed by atoms with E-state index in [1.165, 1.54) is 36.4 Å². The van der Waals surface area contributed by atoms with Gasteiger partial charge in [0.25, 0.3) is 7.60 Å². The second-order valence-corrected chi connectivity index (χ2v) is 5.70. The quantitative estimate of drug-likeness (QED) is 0.600. The van der Waals surface area contributed by atoms with Gasteiger partial charge in [0.15, 0.2) is 0 Å². The molecule has 5 nitrogen and oxygen atoms in total. The van der Waals surface area contributed by atoms with Crippen LogP contribution in [0.25, 0.3) is 0 Å². The van der Waals surface area contributed by atoms with Crippen molar-refractivity contribution in [3.63, 3.8) is 0 Å². The zero-order chi connectivity index (χ0) is 14.6. The van der Waals surface area contributed by atoms with Crippen molar-refractivity contribution in [2.75, 3.05) is 0 Å². The standard InChI is InChI=1S/C13H10ClO5P.Na/c14-10-6-8-12(9-7-10)19-20(16,17)13(15)18-11-4-2-1-3-5-11;/h1-9H,(H,16,17);/q;+1/p-1. The van der Waals surface area contributed by atoms with Crippen LogP contribution in [-0.2, 0) is 4.57 Å². The zero-order valence-corrected chi connectivity index (χ0v) is 14.7. The van der Waals surface area contributed by atoms with Crippen LogP contribution in [0.4, 0.5) is 4.79 Å². The van der Waals surface area contributed by atoms with E-state index in [2.05, 4.69) is 4.52 Å². The van der Waals surface area contributed by atoms with Crippen molar-refractivity contribution >= 4 is 24.9 Å². The molecule has 0 N–H and O–H groups in total. The largest absolute Gasteiger partial charge is 1.00 e. The Kier molecular flexibility index (Phi) is 6.94. The van der Waals surface area contributed by atoms with Gasteiger partial charge in [-0.2, -0.15) is 0 Å². The van der Waals surface area contributed by atoms with Crippen LogP contribution in [-0.4, -0.2) is 5.71 Å². The normalized spacial score (nSPS) is 12.7. The maximum Gasteiger partial charge on any atom is 1.00 e. The van der Waals surface area contributed by atoms with Gasteiger partial charge in [-0.05, 0) is 36.4 Å². The molecule has 0 aliphatic rings. The van der Waals surface area contributed by atoms with Gasteiger partial charge >= 0.3 is 35.3 Å². The maximum absolute atomic E-state index is 11.7. The van der Waals surface area contributed by atoms with Crippen molar-refractivity contribution in [3.05, 3.63) is 59.6 Å². The van der Waals surface area contributed by atoms with E-state index in [9.17, 15) is 14.3 Å². The molecule has 0 aliphatic heterocycles. The van der Waals surface area contributed by atoms with Gasteiger partial charge in [0.05, 0.1) is 0 Å². The minimum Gasteiger partial charge on any atom is -0.761 e. The Balaban J connectivity index is 0.00000220. The molecule has 0 fully saturated rings. The number of carbonyl (C=O) groups is 1. The third-order valence-electron chi connectivity index (χ3n) is 2.21. The van der Waals surface area contributed by atoms with E-state index in [1.807, 2.05) is 0 Å². The van der Waals surface area contributed by atoms with E-state index >= 15 is 0 Å². The van der Waals surface area contributed by atoms with Crippen LogP contribution in [0.5, 0.6) is 11.5 Å². The summed E-state index contributed by atoms with van der Waals surface area (Å²) < 4.78 is 21.1. The Hall–Kier alpha value is -0.810. The van der Waals surface area contributed by atoms with Crippen molar-refractivity contribution in [1.29, 1.82) is 0 Å². The van der Waals surface area contributed by atoms with Crippen molar-refractivity contribution in [2.45, 2.75) is 0 Å². The second kappa shape index (κ2) is 7.99. The Morgan fingerprint density at radius 1 is 1.00 bits per heavy atom. The van der Waals surface area contributed by atoms with E-state index in [1.54, 1.807) is 18.2 Å². The van der Waals surface area contributed by atoms with E-state index in [0.29, 0.717) is 5.02 Å². The van der Waals surface area contributed by atoms with Gasteiger partial charge in [-0.15, -0.1) is 0 Å². The first-order valence-corrected chi connectivity index (χ1v) is 7.43. The predicted molar refractivity (Wildman–Crippen MR) is 72.2 cm³/mol. The zero-order valence-electron chi connectivity index (χ0n) is 11.1. The third kappa shape index (κ3) is 5.47. The smallest absolute Gasteiger partial charge is 0.761 e. The fourth-order valence-corrected chi connectivity index (χ4v) is 2.13. The average Bonchev–Trinajstić information content (AvgIpc) is 2.42. The molecule has 8 heteroatoms. The summed E-state index contributed by atoms with van der Waals surface area (Å²) >= 11 is 5.66. The topological polar surface area (TPSA) is 75.7 Å². The van der Waals surface area contributed by atoms with Crippen molar-refractivity contribution in [2.24, 2.45) is 0 Å². The minimum atomic E-state index is -4.84. The molecule has 21 heavy (non-hydrogen) atoms. The summed E-state index contributed by atoms with van der Waals surface area (Å²) in [6.45, 7) is 0. The number of halogens is 1. The first-order chi connectivity index (χ1) is 9.47. The predicted octanol–water partition coefficient (Wildman–Crippen LogP) is 0.475. The van der Waals surface area contributed by atoms with Crippen LogP contribution in [0.2, 0.25) is 5.02 Å². The summed E-state index contributed by atoms with van der Waals surface area (Å²) in [5, 5.41) is 0.421. The summed E-state index contributed by atoms with van der Waals surface area (Å²) in [5.74, 6) is 0.103. The Morgan fingerprint density at radius 2 is 1.57 bits per heavy atom. The van der Waals surface area contributed by atoms with Crippen LogP contribution >= 0.6 is 19.2 Å². The summed E-state index contributed by atoms with van der Waals surface area (Å²) in [4.78, 5) is 23.2. The summed E-state index contributed by atoms with van der Waals surface area (Å²) in [7, 11) is -4.84. The molecule has 2 aromatic carbocycles. The van der Waals surface area contributed by atoms with E-state index in [-0.39, 0.29) is 41.1 Å². The molecule has 0 saturated heterocycles. The number of hydrogen-bond acceptors (Lipinski definition) is 5. The second-order valence-electron chi connectivity index (χ2n) is 3.72. The molecule has 0 saturated carbocycles. The van der Waals surface area contributed by atoms with Gasteiger partial charge in [-0.3, -0.25) is 4.57 Å². The minimum absolute atomic E-state index is 0. The van der Waals surface area contributed by atoms with E-state index in [4.69, 9.17) is 16.3 Å². The molecule has 0 spiro atoms. The first-order valence-electron chi connectivity index (χ1n) is 5.51. The van der Waals surface area contributed by atoms with Crippen molar-refractivity contribution in [1.82, 2.24) is 0 Å². The number of carbonyl (C=O) groups excluding carboxylic acids is 1. The van der Waals surface area contributed by atoms with Crippen LogP contribution < -0.4 is 43.7 Å². The first kappa shape index (κ1) is 18.2. The molecule has 1 unspecified atom stereocenters. The average molecular weight is 335 g/mol. The number of rotatable bonds is 4. The fraction of sp³-hybridized carbons (Fsp3) is 0. The van der Waals surface area contributed by atoms with E-state index < -0.39 is 13.3 Å². The van der Waals surface area contributed by atoms with Crippen LogP contribution in [0.1, 0.15) is 0 Å². The molecule has 0 heterocycles. The molecule has 0 amide bonds. The third-order valence-corrected chi connectivity index (χ3v) is 3.45. The van der Waals surface area contributed by atoms with Crippen molar-refractivity contribution < 1.29 is 53.1 Å². The molecule has 1 atom stereocenters. The maximum atomic E-state index is 11.7. The van der Waals surface area contributed by atoms with Crippen LogP contribution in [0.3, 0.4) is 0 Å².